The second kappa shape index (κ2) is 7.98. The predicted octanol–water partition coefficient (Wildman–Crippen LogP) is 2.94. The maximum Gasteiger partial charge on any atom is 0.269 e. The first kappa shape index (κ1) is 17.4. The molecule has 0 aromatic heterocycles. The summed E-state index contributed by atoms with van der Waals surface area (Å²) < 4.78 is 0. The number of benzene rings is 1. The summed E-state index contributed by atoms with van der Waals surface area (Å²) >= 11 is 5.10. The van der Waals surface area contributed by atoms with Crippen LogP contribution in [0.25, 0.3) is 0 Å². The average Bonchev–Trinajstić information content (AvgIpc) is 2.41. The van der Waals surface area contributed by atoms with Gasteiger partial charge in [-0.25, -0.2) is 0 Å². The Kier molecular flexibility index (Phi) is 6.62. The molecule has 1 rings (SSSR count). The molecule has 0 heterocycles. The van der Waals surface area contributed by atoms with Crippen molar-refractivity contribution in [2.75, 3.05) is 0 Å². The van der Waals surface area contributed by atoms with Gasteiger partial charge in [0.25, 0.3) is 5.91 Å². The number of carbonyl (C=O) groups excluding carboxylic acids is 1. The molecule has 116 valence electrons. The first-order chi connectivity index (χ1) is 9.81. The van der Waals surface area contributed by atoms with Gasteiger partial charge in [0.15, 0.2) is 5.11 Å². The topological polar surface area (TPSA) is 53.2 Å². The van der Waals surface area contributed by atoms with Gasteiger partial charge in [-0.15, -0.1) is 0 Å². The normalized spacial score (nSPS) is 10.9. The van der Waals surface area contributed by atoms with Crippen molar-refractivity contribution in [3.8, 4) is 0 Å². The van der Waals surface area contributed by atoms with E-state index < -0.39 is 0 Å². The molecule has 0 aliphatic heterocycles. The Morgan fingerprint density at radius 1 is 1.14 bits per heavy atom. The second-order valence-electron chi connectivity index (χ2n) is 6.08. The first-order valence-corrected chi connectivity index (χ1v) is 7.70. The van der Waals surface area contributed by atoms with Gasteiger partial charge in [-0.05, 0) is 63.5 Å². The molecule has 0 radical (unpaired) electrons. The third-order valence-electron chi connectivity index (χ3n) is 2.81. The van der Waals surface area contributed by atoms with Crippen molar-refractivity contribution in [2.45, 2.75) is 52.5 Å². The third kappa shape index (κ3) is 7.09. The summed E-state index contributed by atoms with van der Waals surface area (Å²) in [6, 6.07) is 7.66. The van der Waals surface area contributed by atoms with Crippen LogP contribution in [-0.2, 0) is 6.42 Å². The van der Waals surface area contributed by atoms with Crippen LogP contribution in [0.15, 0.2) is 24.3 Å². The highest BCUT2D eigenvalue weighted by molar-refractivity contribution is 7.80. The average molecular weight is 307 g/mol. The zero-order chi connectivity index (χ0) is 15.9. The van der Waals surface area contributed by atoms with Crippen LogP contribution >= 0.6 is 12.2 Å². The number of carbonyl (C=O) groups is 1. The van der Waals surface area contributed by atoms with E-state index in [-0.39, 0.29) is 11.4 Å². The molecule has 1 amide bonds. The molecule has 0 bridgehead atoms. The Morgan fingerprint density at radius 2 is 1.76 bits per heavy atom. The quantitative estimate of drug-likeness (QED) is 0.591. The van der Waals surface area contributed by atoms with E-state index in [0.29, 0.717) is 10.7 Å². The minimum Gasteiger partial charge on any atom is -0.357 e. The standard InChI is InChI=1S/C16H25N3OS/c1-5-6-7-12-8-10-13(11-9-12)14(20)18-19-15(21)17-16(2,3)4/h8-11H,5-7H2,1-4H3,(H,18,20)(H2,17,19,21). The van der Waals surface area contributed by atoms with Crippen LogP contribution in [0.3, 0.4) is 0 Å². The predicted molar refractivity (Wildman–Crippen MR) is 91.1 cm³/mol. The zero-order valence-corrected chi connectivity index (χ0v) is 14.1. The lowest BCUT2D eigenvalue weighted by Crippen LogP contribution is -2.52. The van der Waals surface area contributed by atoms with E-state index in [1.807, 2.05) is 45.0 Å². The first-order valence-electron chi connectivity index (χ1n) is 7.29. The number of amides is 1. The van der Waals surface area contributed by atoms with Gasteiger partial charge in [-0.3, -0.25) is 15.6 Å². The van der Waals surface area contributed by atoms with Crippen LogP contribution in [0.5, 0.6) is 0 Å². The number of nitrogens with one attached hydrogen (secondary N) is 3. The molecule has 0 atom stereocenters. The summed E-state index contributed by atoms with van der Waals surface area (Å²) in [7, 11) is 0. The van der Waals surface area contributed by atoms with Gasteiger partial charge in [0.05, 0.1) is 0 Å². The molecule has 0 saturated carbocycles. The van der Waals surface area contributed by atoms with E-state index in [9.17, 15) is 4.79 Å². The van der Waals surface area contributed by atoms with Crippen LogP contribution in [-0.4, -0.2) is 16.6 Å². The number of aryl methyl sites for hydroxylation is 1. The van der Waals surface area contributed by atoms with Gasteiger partial charge >= 0.3 is 0 Å². The molecule has 4 nitrogen and oxygen atoms in total. The van der Waals surface area contributed by atoms with Crippen LogP contribution in [0.2, 0.25) is 0 Å². The molecule has 1 aromatic rings. The smallest absolute Gasteiger partial charge is 0.269 e. The fourth-order valence-electron chi connectivity index (χ4n) is 1.76. The van der Waals surface area contributed by atoms with Gasteiger partial charge in [-0.2, -0.15) is 0 Å². The molecular formula is C16H25N3OS. The fourth-order valence-corrected chi connectivity index (χ4v) is 2.12. The summed E-state index contributed by atoms with van der Waals surface area (Å²) in [5.41, 5.74) is 7.02. The van der Waals surface area contributed by atoms with Gasteiger partial charge in [-0.1, -0.05) is 25.5 Å². The third-order valence-corrected chi connectivity index (χ3v) is 3.02. The summed E-state index contributed by atoms with van der Waals surface area (Å²) in [4.78, 5) is 12.0. The van der Waals surface area contributed by atoms with Gasteiger partial charge < -0.3 is 5.32 Å². The van der Waals surface area contributed by atoms with Gasteiger partial charge in [0, 0.05) is 11.1 Å². The molecule has 5 heteroatoms. The molecule has 0 aliphatic carbocycles. The minimum absolute atomic E-state index is 0.143. The molecule has 0 fully saturated rings. The fraction of sp³-hybridized carbons (Fsp3) is 0.500. The Balaban J connectivity index is 2.47. The van der Waals surface area contributed by atoms with E-state index in [1.165, 1.54) is 18.4 Å². The summed E-state index contributed by atoms with van der Waals surface area (Å²) in [5, 5.41) is 3.46. The Bertz CT molecular complexity index is 477. The van der Waals surface area contributed by atoms with Gasteiger partial charge in [0.2, 0.25) is 0 Å². The lowest BCUT2D eigenvalue weighted by molar-refractivity contribution is 0.0943. The van der Waals surface area contributed by atoms with E-state index in [2.05, 4.69) is 23.1 Å². The van der Waals surface area contributed by atoms with Crippen LogP contribution in [0, 0.1) is 0 Å². The maximum absolute atomic E-state index is 12.0. The Hall–Kier alpha value is -1.62. The zero-order valence-electron chi connectivity index (χ0n) is 13.2. The van der Waals surface area contributed by atoms with Crippen molar-refractivity contribution >= 4 is 23.2 Å². The maximum atomic E-state index is 12.0. The largest absolute Gasteiger partial charge is 0.357 e. The van der Waals surface area contributed by atoms with Crippen LogP contribution in [0.1, 0.15) is 56.5 Å². The van der Waals surface area contributed by atoms with Crippen molar-refractivity contribution in [2.24, 2.45) is 0 Å². The van der Waals surface area contributed by atoms with Crippen molar-refractivity contribution in [3.05, 3.63) is 35.4 Å². The summed E-state index contributed by atoms with van der Waals surface area (Å²) in [6.07, 6.45) is 3.39. The van der Waals surface area contributed by atoms with Crippen molar-refractivity contribution in [1.82, 2.24) is 16.2 Å². The van der Waals surface area contributed by atoms with Crippen molar-refractivity contribution in [3.63, 3.8) is 0 Å². The number of hydrazine groups is 1. The van der Waals surface area contributed by atoms with Gasteiger partial charge in [0.1, 0.15) is 0 Å². The van der Waals surface area contributed by atoms with E-state index in [4.69, 9.17) is 12.2 Å². The van der Waals surface area contributed by atoms with Crippen molar-refractivity contribution in [1.29, 1.82) is 0 Å². The highest BCUT2D eigenvalue weighted by Gasteiger charge is 2.11. The van der Waals surface area contributed by atoms with Crippen LogP contribution in [0.4, 0.5) is 0 Å². The molecular weight excluding hydrogens is 282 g/mol. The molecule has 0 saturated heterocycles. The number of unbranched alkanes of at least 4 members (excludes halogenated alkanes) is 1. The number of rotatable bonds is 4. The van der Waals surface area contributed by atoms with Crippen molar-refractivity contribution < 1.29 is 4.79 Å². The summed E-state index contributed by atoms with van der Waals surface area (Å²) in [5.74, 6) is -0.199. The molecule has 0 unspecified atom stereocenters. The van der Waals surface area contributed by atoms with E-state index in [1.54, 1.807) is 0 Å². The highest BCUT2D eigenvalue weighted by Crippen LogP contribution is 2.07. The molecule has 0 spiro atoms. The summed E-state index contributed by atoms with van der Waals surface area (Å²) in [6.45, 7) is 8.16. The molecule has 0 aliphatic rings. The number of hydrogen-bond acceptors (Lipinski definition) is 2. The minimum atomic E-state index is -0.199. The lowest BCUT2D eigenvalue weighted by Gasteiger charge is -2.23. The monoisotopic (exact) mass is 307 g/mol. The number of hydrogen-bond donors (Lipinski definition) is 3. The van der Waals surface area contributed by atoms with Crippen LogP contribution < -0.4 is 16.2 Å². The highest BCUT2D eigenvalue weighted by atomic mass is 32.1. The lowest BCUT2D eigenvalue weighted by atomic mass is 10.1. The number of thiocarbonyl (C=S) groups is 1. The Morgan fingerprint density at radius 3 is 2.29 bits per heavy atom. The molecule has 1 aromatic carbocycles. The second-order valence-corrected chi connectivity index (χ2v) is 6.49. The van der Waals surface area contributed by atoms with E-state index in [0.717, 1.165) is 6.42 Å². The molecule has 3 N–H and O–H groups in total. The molecule has 21 heavy (non-hydrogen) atoms. The Labute approximate surface area is 132 Å². The SMILES string of the molecule is CCCCc1ccc(C(=O)NNC(=S)NC(C)(C)C)cc1. The van der Waals surface area contributed by atoms with E-state index >= 15 is 0 Å².